The predicted molar refractivity (Wildman–Crippen MR) is 85.0 cm³/mol. The lowest BCUT2D eigenvalue weighted by molar-refractivity contribution is 0.0618. The summed E-state index contributed by atoms with van der Waals surface area (Å²) in [4.78, 5) is 16.4. The van der Waals surface area contributed by atoms with Crippen molar-refractivity contribution in [3.63, 3.8) is 0 Å². The Balaban J connectivity index is 1.98. The number of carbonyl (C=O) groups excluding carboxylic acids is 1. The number of likely N-dealkylation sites (tertiary alicyclic amines) is 1. The molecule has 0 radical (unpaired) electrons. The zero-order valence-corrected chi connectivity index (χ0v) is 13.1. The van der Waals surface area contributed by atoms with Crippen LogP contribution in [0.2, 0.25) is 0 Å². The average molecular weight is 309 g/mol. The molecule has 1 aliphatic rings. The minimum absolute atomic E-state index is 0.000179. The third-order valence-corrected chi connectivity index (χ3v) is 4.23. The average Bonchev–Trinajstić information content (AvgIpc) is 3.09. The molecule has 23 heavy (non-hydrogen) atoms. The van der Waals surface area contributed by atoms with E-state index in [1.807, 2.05) is 30.0 Å². The summed E-state index contributed by atoms with van der Waals surface area (Å²) in [6, 6.07) is 7.89. The number of amides is 1. The Kier molecular flexibility index (Phi) is 4.38. The van der Waals surface area contributed by atoms with Crippen LogP contribution in [0.15, 0.2) is 30.6 Å². The van der Waals surface area contributed by atoms with Crippen LogP contribution in [0.4, 0.5) is 0 Å². The molecule has 2 heterocycles. The minimum Gasteiger partial charge on any atom is -0.335 e. The molecule has 1 amide bonds. The van der Waals surface area contributed by atoms with Gasteiger partial charge in [-0.1, -0.05) is 11.6 Å². The van der Waals surface area contributed by atoms with E-state index in [9.17, 15) is 4.79 Å². The molecule has 1 aromatic heterocycles. The van der Waals surface area contributed by atoms with Gasteiger partial charge in [0, 0.05) is 12.6 Å². The summed E-state index contributed by atoms with van der Waals surface area (Å²) < 4.78 is 0. The molecule has 0 bridgehead atoms. The number of benzene rings is 1. The molecule has 0 unspecified atom stereocenters. The van der Waals surface area contributed by atoms with Gasteiger partial charge in [-0.3, -0.25) is 4.79 Å². The number of piperidine rings is 1. The summed E-state index contributed by atoms with van der Waals surface area (Å²) in [5, 5.41) is 17.3. The molecule has 1 aliphatic heterocycles. The number of aryl methyl sites for hydroxylation is 1. The lowest BCUT2D eigenvalue weighted by Gasteiger charge is -2.35. The van der Waals surface area contributed by atoms with Crippen molar-refractivity contribution in [1.29, 1.82) is 5.26 Å². The van der Waals surface area contributed by atoms with Crippen molar-refractivity contribution >= 4 is 5.91 Å². The SMILES string of the molecule is Cc1ccc(-n2nccn2)c(C(=O)N2CCCC[C@H]2CC#N)c1. The van der Waals surface area contributed by atoms with E-state index < -0.39 is 0 Å². The summed E-state index contributed by atoms with van der Waals surface area (Å²) >= 11 is 0. The zero-order chi connectivity index (χ0) is 16.2. The van der Waals surface area contributed by atoms with Crippen LogP contribution in [-0.4, -0.2) is 38.4 Å². The molecule has 3 rings (SSSR count). The highest BCUT2D eigenvalue weighted by Crippen LogP contribution is 2.24. The van der Waals surface area contributed by atoms with Gasteiger partial charge < -0.3 is 4.90 Å². The number of rotatable bonds is 3. The van der Waals surface area contributed by atoms with E-state index in [1.165, 1.54) is 4.80 Å². The first-order valence-corrected chi connectivity index (χ1v) is 7.86. The number of nitrogens with zero attached hydrogens (tertiary/aromatic N) is 5. The van der Waals surface area contributed by atoms with Crippen molar-refractivity contribution in [2.75, 3.05) is 6.54 Å². The van der Waals surface area contributed by atoms with E-state index >= 15 is 0 Å². The summed E-state index contributed by atoms with van der Waals surface area (Å²) in [5.74, 6) is -0.0408. The molecule has 118 valence electrons. The molecule has 2 aromatic rings. The molecule has 6 heteroatoms. The number of aromatic nitrogens is 3. The molecule has 0 N–H and O–H groups in total. The quantitative estimate of drug-likeness (QED) is 0.873. The molecule has 0 saturated carbocycles. The van der Waals surface area contributed by atoms with Gasteiger partial charge in [-0.05, 0) is 38.3 Å². The molecule has 1 saturated heterocycles. The summed E-state index contributed by atoms with van der Waals surface area (Å²) in [6.07, 6.45) is 6.50. The largest absolute Gasteiger partial charge is 0.335 e. The van der Waals surface area contributed by atoms with E-state index in [0.717, 1.165) is 24.8 Å². The Labute approximate surface area is 135 Å². The zero-order valence-electron chi connectivity index (χ0n) is 13.1. The van der Waals surface area contributed by atoms with Gasteiger partial charge in [-0.25, -0.2) is 0 Å². The first-order chi connectivity index (χ1) is 11.2. The van der Waals surface area contributed by atoms with E-state index in [1.54, 1.807) is 12.4 Å². The smallest absolute Gasteiger partial charge is 0.256 e. The number of hydrogen-bond donors (Lipinski definition) is 0. The molecule has 1 atom stereocenters. The Morgan fingerprint density at radius 2 is 2.13 bits per heavy atom. The first-order valence-electron chi connectivity index (χ1n) is 7.86. The fourth-order valence-corrected chi connectivity index (χ4v) is 3.08. The minimum atomic E-state index is -0.0408. The van der Waals surface area contributed by atoms with E-state index in [-0.39, 0.29) is 11.9 Å². The standard InChI is InChI=1S/C17H19N5O/c1-13-5-6-16(22-19-9-10-20-22)15(12-13)17(23)21-11-3-2-4-14(21)7-8-18/h5-6,9-10,12,14H,2-4,7,11H2,1H3/t14-/m0/s1. The normalized spacial score (nSPS) is 17.7. The molecular formula is C17H19N5O. The van der Waals surface area contributed by atoms with Gasteiger partial charge in [0.15, 0.2) is 0 Å². The second-order valence-electron chi connectivity index (χ2n) is 5.85. The maximum atomic E-state index is 13.1. The first kappa shape index (κ1) is 15.2. The highest BCUT2D eigenvalue weighted by Gasteiger charge is 2.29. The van der Waals surface area contributed by atoms with Crippen LogP contribution in [0.25, 0.3) is 5.69 Å². The van der Waals surface area contributed by atoms with Crippen LogP contribution in [0.3, 0.4) is 0 Å². The van der Waals surface area contributed by atoms with Crippen LogP contribution in [0.5, 0.6) is 0 Å². The van der Waals surface area contributed by atoms with Crippen molar-refractivity contribution in [2.24, 2.45) is 0 Å². The predicted octanol–water partition coefficient (Wildman–Crippen LogP) is 2.48. The van der Waals surface area contributed by atoms with Gasteiger partial charge in [0.05, 0.1) is 36.1 Å². The van der Waals surface area contributed by atoms with Crippen molar-refractivity contribution < 1.29 is 4.79 Å². The van der Waals surface area contributed by atoms with Gasteiger partial charge in [-0.15, -0.1) is 0 Å². The van der Waals surface area contributed by atoms with E-state index in [4.69, 9.17) is 5.26 Å². The summed E-state index contributed by atoms with van der Waals surface area (Å²) in [5.41, 5.74) is 2.27. The van der Waals surface area contributed by atoms with Crippen LogP contribution in [0.1, 0.15) is 41.6 Å². The Morgan fingerprint density at radius 3 is 2.87 bits per heavy atom. The Morgan fingerprint density at radius 1 is 1.35 bits per heavy atom. The monoisotopic (exact) mass is 309 g/mol. The van der Waals surface area contributed by atoms with Gasteiger partial charge >= 0.3 is 0 Å². The lowest BCUT2D eigenvalue weighted by atomic mass is 9.98. The summed E-state index contributed by atoms with van der Waals surface area (Å²) in [7, 11) is 0. The topological polar surface area (TPSA) is 74.8 Å². The van der Waals surface area contributed by atoms with E-state index in [2.05, 4.69) is 16.3 Å². The fourth-order valence-electron chi connectivity index (χ4n) is 3.08. The van der Waals surface area contributed by atoms with Gasteiger partial charge in [0.25, 0.3) is 5.91 Å². The highest BCUT2D eigenvalue weighted by atomic mass is 16.2. The molecule has 1 fully saturated rings. The molecular weight excluding hydrogens is 290 g/mol. The Hall–Kier alpha value is -2.68. The molecule has 6 nitrogen and oxygen atoms in total. The second-order valence-corrected chi connectivity index (χ2v) is 5.85. The third kappa shape index (κ3) is 3.09. The van der Waals surface area contributed by atoms with Crippen LogP contribution >= 0.6 is 0 Å². The van der Waals surface area contributed by atoms with Gasteiger partial charge in [0.2, 0.25) is 0 Å². The van der Waals surface area contributed by atoms with Gasteiger partial charge in [-0.2, -0.15) is 20.3 Å². The van der Waals surface area contributed by atoms with Crippen LogP contribution < -0.4 is 0 Å². The van der Waals surface area contributed by atoms with Crippen LogP contribution in [0, 0.1) is 18.3 Å². The summed E-state index contributed by atoms with van der Waals surface area (Å²) in [6.45, 7) is 2.66. The number of nitriles is 1. The van der Waals surface area contributed by atoms with Crippen molar-refractivity contribution in [1.82, 2.24) is 19.9 Å². The second kappa shape index (κ2) is 6.61. The maximum absolute atomic E-state index is 13.1. The number of hydrogen-bond acceptors (Lipinski definition) is 4. The van der Waals surface area contributed by atoms with Gasteiger partial charge in [0.1, 0.15) is 0 Å². The molecule has 0 spiro atoms. The fraction of sp³-hybridized carbons (Fsp3) is 0.412. The highest BCUT2D eigenvalue weighted by molar-refractivity contribution is 5.98. The number of carbonyl (C=O) groups is 1. The van der Waals surface area contributed by atoms with Crippen molar-refractivity contribution in [3.8, 4) is 11.8 Å². The van der Waals surface area contributed by atoms with Crippen molar-refractivity contribution in [2.45, 2.75) is 38.6 Å². The van der Waals surface area contributed by atoms with Crippen LogP contribution in [-0.2, 0) is 0 Å². The lowest BCUT2D eigenvalue weighted by Crippen LogP contribution is -2.44. The Bertz CT molecular complexity index is 732. The molecule has 0 aliphatic carbocycles. The maximum Gasteiger partial charge on any atom is 0.256 e. The van der Waals surface area contributed by atoms with Crippen molar-refractivity contribution in [3.05, 3.63) is 41.7 Å². The molecule has 1 aromatic carbocycles. The third-order valence-electron chi connectivity index (χ3n) is 4.23. The van der Waals surface area contributed by atoms with E-state index in [0.29, 0.717) is 24.2 Å².